The van der Waals surface area contributed by atoms with Gasteiger partial charge in [-0.3, -0.25) is 14.6 Å². The van der Waals surface area contributed by atoms with E-state index in [-0.39, 0.29) is 11.6 Å². The number of urea groups is 1. The molecule has 1 aliphatic rings. The monoisotopic (exact) mass is 458 g/mol. The molecule has 8 nitrogen and oxygen atoms in total. The Morgan fingerprint density at radius 1 is 1.03 bits per heavy atom. The van der Waals surface area contributed by atoms with Crippen molar-refractivity contribution in [3.8, 4) is 11.4 Å². The molecule has 176 valence electrons. The van der Waals surface area contributed by atoms with E-state index in [1.807, 2.05) is 6.07 Å². The minimum absolute atomic E-state index is 0.148. The molecule has 2 heterocycles. The van der Waals surface area contributed by atoms with E-state index in [4.69, 9.17) is 5.73 Å². The van der Waals surface area contributed by atoms with Crippen molar-refractivity contribution < 1.29 is 9.59 Å². The molecule has 0 unspecified atom stereocenters. The number of amides is 3. The van der Waals surface area contributed by atoms with Crippen LogP contribution < -0.4 is 16.0 Å². The van der Waals surface area contributed by atoms with Crippen molar-refractivity contribution in [3.05, 3.63) is 78.1 Å². The van der Waals surface area contributed by atoms with E-state index in [0.29, 0.717) is 30.2 Å². The Morgan fingerprint density at radius 2 is 1.71 bits per heavy atom. The quantitative estimate of drug-likeness (QED) is 0.610. The molecule has 0 spiro atoms. The van der Waals surface area contributed by atoms with Gasteiger partial charge in [-0.1, -0.05) is 42.5 Å². The van der Waals surface area contributed by atoms with Gasteiger partial charge < -0.3 is 11.1 Å². The molecule has 0 aliphatic carbocycles. The zero-order valence-corrected chi connectivity index (χ0v) is 19.6. The van der Waals surface area contributed by atoms with Crippen molar-refractivity contribution in [1.82, 2.24) is 20.2 Å². The lowest BCUT2D eigenvalue weighted by Gasteiger charge is -2.41. The summed E-state index contributed by atoms with van der Waals surface area (Å²) < 4.78 is 0. The van der Waals surface area contributed by atoms with Crippen LogP contribution in [0.5, 0.6) is 0 Å². The van der Waals surface area contributed by atoms with Crippen LogP contribution in [0.2, 0.25) is 0 Å². The Bertz CT molecular complexity index is 1130. The number of carbonyl (C=O) groups excluding carboxylic acids is 2. The fraction of sp³-hybridized carbons (Fsp3) is 0.308. The molecule has 2 aromatic carbocycles. The Kier molecular flexibility index (Phi) is 6.88. The van der Waals surface area contributed by atoms with Crippen molar-refractivity contribution in [1.29, 1.82) is 0 Å². The second kappa shape index (κ2) is 10.0. The number of carbonyl (C=O) groups is 2. The molecular formula is C26H30N6O2. The summed E-state index contributed by atoms with van der Waals surface area (Å²) in [5, 5.41) is 3.08. The molecule has 3 amide bonds. The lowest BCUT2D eigenvalue weighted by Crippen LogP contribution is -2.44. The van der Waals surface area contributed by atoms with Crippen molar-refractivity contribution in [2.45, 2.75) is 24.8 Å². The van der Waals surface area contributed by atoms with Crippen molar-refractivity contribution in [2.75, 3.05) is 32.1 Å². The van der Waals surface area contributed by atoms with Gasteiger partial charge in [-0.25, -0.2) is 14.8 Å². The molecule has 3 N–H and O–H groups in total. The van der Waals surface area contributed by atoms with Crippen LogP contribution in [-0.4, -0.2) is 54.0 Å². The summed E-state index contributed by atoms with van der Waals surface area (Å²) in [6, 6.07) is 17.2. The second-order valence-corrected chi connectivity index (χ2v) is 8.74. The number of nitrogens with one attached hydrogen (secondary N) is 1. The van der Waals surface area contributed by atoms with Crippen molar-refractivity contribution in [3.63, 3.8) is 0 Å². The normalized spacial score (nSPS) is 19.1. The standard InChI is InChI=1S/C26H30N6O2/c1-31(2)26(21-7-4-3-5-8-21)13-6-16-32(25(34)28-15-14-26)22-17-29-24(30-18-22)20-11-9-19(10-12-20)23(27)33/h3-5,7-12,17-18H,6,13-16H2,1-2H3,(H2,27,33)(H,28,34)/t26-/m0/s1. The summed E-state index contributed by atoms with van der Waals surface area (Å²) in [7, 11) is 4.21. The van der Waals surface area contributed by atoms with Crippen LogP contribution in [0, 0.1) is 0 Å². The maximum absolute atomic E-state index is 13.0. The fourth-order valence-corrected chi connectivity index (χ4v) is 4.61. The van der Waals surface area contributed by atoms with Gasteiger partial charge >= 0.3 is 6.03 Å². The van der Waals surface area contributed by atoms with Gasteiger partial charge in [0.25, 0.3) is 0 Å². The number of nitrogens with zero attached hydrogens (tertiary/aromatic N) is 4. The number of rotatable bonds is 5. The zero-order valence-electron chi connectivity index (χ0n) is 19.6. The predicted molar refractivity (Wildman–Crippen MR) is 132 cm³/mol. The first kappa shape index (κ1) is 23.4. The van der Waals surface area contributed by atoms with Crippen LogP contribution in [0.4, 0.5) is 10.5 Å². The van der Waals surface area contributed by atoms with Crippen LogP contribution >= 0.6 is 0 Å². The average molecular weight is 459 g/mol. The summed E-state index contributed by atoms with van der Waals surface area (Å²) in [5.74, 6) is 0.0347. The average Bonchev–Trinajstić information content (AvgIpc) is 2.94. The third-order valence-electron chi connectivity index (χ3n) is 6.58. The van der Waals surface area contributed by atoms with Gasteiger partial charge in [0, 0.05) is 29.8 Å². The Morgan fingerprint density at radius 3 is 2.32 bits per heavy atom. The fourth-order valence-electron chi connectivity index (χ4n) is 4.61. The van der Waals surface area contributed by atoms with E-state index < -0.39 is 5.91 Å². The van der Waals surface area contributed by atoms with E-state index >= 15 is 0 Å². The molecule has 0 saturated carbocycles. The van der Waals surface area contributed by atoms with Gasteiger partial charge in [0.2, 0.25) is 5.91 Å². The smallest absolute Gasteiger partial charge is 0.321 e. The first-order chi connectivity index (χ1) is 16.4. The first-order valence-corrected chi connectivity index (χ1v) is 11.4. The van der Waals surface area contributed by atoms with Crippen molar-refractivity contribution in [2.24, 2.45) is 5.73 Å². The van der Waals surface area contributed by atoms with E-state index in [1.54, 1.807) is 41.6 Å². The molecule has 1 atom stereocenters. The van der Waals surface area contributed by atoms with Gasteiger partial charge in [0.15, 0.2) is 5.82 Å². The summed E-state index contributed by atoms with van der Waals surface area (Å²) in [6.07, 6.45) is 5.90. The van der Waals surface area contributed by atoms with Crippen LogP contribution in [-0.2, 0) is 5.54 Å². The van der Waals surface area contributed by atoms with Crippen LogP contribution in [0.1, 0.15) is 35.2 Å². The second-order valence-electron chi connectivity index (χ2n) is 8.74. The van der Waals surface area contributed by atoms with E-state index in [1.165, 1.54) is 5.56 Å². The highest BCUT2D eigenvalue weighted by Gasteiger charge is 2.35. The number of anilines is 1. The van der Waals surface area contributed by atoms with Crippen LogP contribution in [0.25, 0.3) is 11.4 Å². The summed E-state index contributed by atoms with van der Waals surface area (Å²) in [4.78, 5) is 37.2. The highest BCUT2D eigenvalue weighted by molar-refractivity contribution is 5.93. The first-order valence-electron chi connectivity index (χ1n) is 11.4. The zero-order chi connectivity index (χ0) is 24.1. The number of nitrogens with two attached hydrogens (primary N) is 1. The van der Waals surface area contributed by atoms with Crippen LogP contribution in [0.15, 0.2) is 67.0 Å². The maximum atomic E-state index is 13.0. The largest absolute Gasteiger partial charge is 0.366 e. The highest BCUT2D eigenvalue weighted by atomic mass is 16.2. The number of hydrogen-bond acceptors (Lipinski definition) is 5. The predicted octanol–water partition coefficient (Wildman–Crippen LogP) is 3.40. The highest BCUT2D eigenvalue weighted by Crippen LogP contribution is 2.36. The number of benzene rings is 2. The van der Waals surface area contributed by atoms with E-state index in [0.717, 1.165) is 24.8 Å². The molecule has 0 bridgehead atoms. The molecule has 4 rings (SSSR count). The molecule has 8 heteroatoms. The Balaban J connectivity index is 1.53. The minimum atomic E-state index is -0.479. The van der Waals surface area contributed by atoms with Gasteiger partial charge in [0.05, 0.1) is 18.1 Å². The topological polar surface area (TPSA) is 104 Å². The molecule has 1 fully saturated rings. The van der Waals surface area contributed by atoms with Crippen molar-refractivity contribution >= 4 is 17.6 Å². The molecular weight excluding hydrogens is 428 g/mol. The Hall–Kier alpha value is -3.78. The molecule has 1 aromatic heterocycles. The minimum Gasteiger partial charge on any atom is -0.366 e. The maximum Gasteiger partial charge on any atom is 0.321 e. The van der Waals surface area contributed by atoms with Gasteiger partial charge in [-0.15, -0.1) is 0 Å². The molecule has 3 aromatic rings. The molecule has 1 saturated heterocycles. The van der Waals surface area contributed by atoms with E-state index in [9.17, 15) is 9.59 Å². The lowest BCUT2D eigenvalue weighted by molar-refractivity contribution is 0.1000. The molecule has 0 radical (unpaired) electrons. The third kappa shape index (κ3) is 4.77. The van der Waals surface area contributed by atoms with Gasteiger partial charge in [-0.2, -0.15) is 0 Å². The van der Waals surface area contributed by atoms with Gasteiger partial charge in [0.1, 0.15) is 0 Å². The Labute approximate surface area is 199 Å². The van der Waals surface area contributed by atoms with Crippen LogP contribution in [0.3, 0.4) is 0 Å². The lowest BCUT2D eigenvalue weighted by atomic mass is 9.81. The van der Waals surface area contributed by atoms with Gasteiger partial charge in [-0.05, 0) is 51.1 Å². The number of aromatic nitrogens is 2. The number of primary amides is 1. The third-order valence-corrected chi connectivity index (χ3v) is 6.58. The summed E-state index contributed by atoms with van der Waals surface area (Å²) in [5.41, 5.74) is 8.26. The number of hydrogen-bond donors (Lipinski definition) is 2. The molecule has 34 heavy (non-hydrogen) atoms. The van der Waals surface area contributed by atoms with E-state index in [2.05, 4.69) is 58.5 Å². The summed E-state index contributed by atoms with van der Waals surface area (Å²) >= 11 is 0. The SMILES string of the molecule is CN(C)[C@@]1(c2ccccc2)CCCN(c2cnc(-c3ccc(C(N)=O)cc3)nc2)C(=O)NCC1. The molecule has 1 aliphatic heterocycles. The summed E-state index contributed by atoms with van der Waals surface area (Å²) in [6.45, 7) is 1.12.